The molecular formula is C20H17ClFN3O2. The number of aryl methyl sites for hydroxylation is 2. The molecule has 0 saturated carbocycles. The van der Waals surface area contributed by atoms with E-state index in [0.29, 0.717) is 16.7 Å². The van der Waals surface area contributed by atoms with Gasteiger partial charge in [0.05, 0.1) is 11.6 Å². The van der Waals surface area contributed by atoms with E-state index < -0.39 is 5.82 Å². The minimum absolute atomic E-state index is 0.170. The molecule has 7 heteroatoms. The number of carbonyl (C=O) groups excluding carboxylic acids is 1. The summed E-state index contributed by atoms with van der Waals surface area (Å²) < 4.78 is 19.5. The van der Waals surface area contributed by atoms with Gasteiger partial charge < -0.3 is 9.42 Å². The Morgan fingerprint density at radius 2 is 2.00 bits per heavy atom. The van der Waals surface area contributed by atoms with Crippen LogP contribution in [0.5, 0.6) is 0 Å². The molecule has 5 nitrogen and oxygen atoms in total. The van der Waals surface area contributed by atoms with Crippen LogP contribution < -0.4 is 4.90 Å². The SMILES string of the molecule is Cc1ccc(-c2noc(C3CC(=O)N(c4cc(Cl)ccc4F)C3)n2)cc1C. The smallest absolute Gasteiger partial charge is 0.232 e. The van der Waals surface area contributed by atoms with Crippen LogP contribution in [0.1, 0.15) is 29.4 Å². The van der Waals surface area contributed by atoms with Gasteiger partial charge in [0.25, 0.3) is 0 Å². The quantitative estimate of drug-likeness (QED) is 0.657. The molecule has 1 aromatic heterocycles. The molecule has 27 heavy (non-hydrogen) atoms. The molecule has 2 heterocycles. The van der Waals surface area contributed by atoms with Crippen molar-refractivity contribution in [1.29, 1.82) is 0 Å². The van der Waals surface area contributed by atoms with Gasteiger partial charge in [0.15, 0.2) is 0 Å². The highest BCUT2D eigenvalue weighted by atomic mass is 35.5. The minimum atomic E-state index is -0.491. The zero-order chi connectivity index (χ0) is 19.1. The van der Waals surface area contributed by atoms with Gasteiger partial charge in [-0.25, -0.2) is 4.39 Å². The first-order valence-electron chi connectivity index (χ1n) is 8.59. The van der Waals surface area contributed by atoms with Crippen molar-refractivity contribution < 1.29 is 13.7 Å². The molecule has 0 radical (unpaired) electrons. The van der Waals surface area contributed by atoms with E-state index in [9.17, 15) is 9.18 Å². The summed E-state index contributed by atoms with van der Waals surface area (Å²) in [6.45, 7) is 4.33. The number of halogens is 2. The third-order valence-electron chi connectivity index (χ3n) is 4.88. The molecule has 0 aliphatic carbocycles. The largest absolute Gasteiger partial charge is 0.339 e. The second-order valence-electron chi connectivity index (χ2n) is 6.76. The third-order valence-corrected chi connectivity index (χ3v) is 5.12. The zero-order valence-electron chi connectivity index (χ0n) is 14.9. The van der Waals surface area contributed by atoms with Gasteiger partial charge in [0, 0.05) is 23.6 Å². The molecule has 1 saturated heterocycles. The summed E-state index contributed by atoms with van der Waals surface area (Å²) in [6, 6.07) is 10.1. The predicted molar refractivity (Wildman–Crippen MR) is 100 cm³/mol. The van der Waals surface area contributed by atoms with Crippen molar-refractivity contribution in [2.75, 3.05) is 11.4 Å². The summed E-state index contributed by atoms with van der Waals surface area (Å²) in [5, 5.41) is 4.42. The van der Waals surface area contributed by atoms with Gasteiger partial charge in [-0.1, -0.05) is 28.9 Å². The number of carbonyl (C=O) groups is 1. The van der Waals surface area contributed by atoms with Crippen molar-refractivity contribution in [1.82, 2.24) is 10.1 Å². The zero-order valence-corrected chi connectivity index (χ0v) is 15.6. The first-order chi connectivity index (χ1) is 12.9. The molecule has 1 unspecified atom stereocenters. The number of amides is 1. The van der Waals surface area contributed by atoms with Gasteiger partial charge in [-0.15, -0.1) is 0 Å². The molecule has 0 N–H and O–H groups in total. The summed E-state index contributed by atoms with van der Waals surface area (Å²) in [4.78, 5) is 18.2. The van der Waals surface area contributed by atoms with E-state index in [2.05, 4.69) is 10.1 Å². The van der Waals surface area contributed by atoms with Gasteiger partial charge >= 0.3 is 0 Å². The highest BCUT2D eigenvalue weighted by Crippen LogP contribution is 2.34. The van der Waals surface area contributed by atoms with E-state index >= 15 is 0 Å². The third kappa shape index (κ3) is 3.32. The van der Waals surface area contributed by atoms with Crippen LogP contribution in [-0.4, -0.2) is 22.6 Å². The maximum Gasteiger partial charge on any atom is 0.232 e. The fourth-order valence-corrected chi connectivity index (χ4v) is 3.36. The van der Waals surface area contributed by atoms with Crippen LogP contribution in [0.2, 0.25) is 5.02 Å². The normalized spacial score (nSPS) is 17.0. The van der Waals surface area contributed by atoms with Crippen LogP contribution in [0.3, 0.4) is 0 Å². The number of hydrogen-bond donors (Lipinski definition) is 0. The van der Waals surface area contributed by atoms with Crippen LogP contribution in [-0.2, 0) is 4.79 Å². The number of benzene rings is 2. The van der Waals surface area contributed by atoms with E-state index in [1.165, 1.54) is 28.7 Å². The highest BCUT2D eigenvalue weighted by Gasteiger charge is 2.36. The monoisotopic (exact) mass is 385 g/mol. The number of anilines is 1. The molecule has 1 atom stereocenters. The Labute approximate surface area is 160 Å². The molecule has 2 aromatic carbocycles. The molecule has 138 valence electrons. The van der Waals surface area contributed by atoms with Gasteiger partial charge in [0.2, 0.25) is 17.6 Å². The van der Waals surface area contributed by atoms with E-state index in [-0.39, 0.29) is 30.5 Å². The van der Waals surface area contributed by atoms with Gasteiger partial charge in [-0.2, -0.15) is 4.98 Å². The van der Waals surface area contributed by atoms with Gasteiger partial charge in [-0.05, 0) is 49.2 Å². The summed E-state index contributed by atoms with van der Waals surface area (Å²) >= 11 is 5.95. The first-order valence-corrected chi connectivity index (χ1v) is 8.97. The molecule has 1 fully saturated rings. The Kier molecular flexibility index (Phi) is 4.44. The number of aromatic nitrogens is 2. The van der Waals surface area contributed by atoms with Crippen LogP contribution >= 0.6 is 11.6 Å². The summed E-state index contributed by atoms with van der Waals surface area (Å²) in [5.41, 5.74) is 3.35. The number of nitrogens with zero attached hydrogens (tertiary/aromatic N) is 3. The Bertz CT molecular complexity index is 1030. The summed E-state index contributed by atoms with van der Waals surface area (Å²) in [5.74, 6) is -0.125. The van der Waals surface area contributed by atoms with Gasteiger partial charge in [-0.3, -0.25) is 4.79 Å². The molecule has 4 rings (SSSR count). The average molecular weight is 386 g/mol. The highest BCUT2D eigenvalue weighted by molar-refractivity contribution is 6.31. The predicted octanol–water partition coefficient (Wildman–Crippen LogP) is 4.67. The molecule has 1 aliphatic rings. The lowest BCUT2D eigenvalue weighted by Crippen LogP contribution is -2.25. The van der Waals surface area contributed by atoms with E-state index in [4.69, 9.17) is 16.1 Å². The standard InChI is InChI=1S/C20H17ClFN3O2/c1-11-3-4-13(7-12(11)2)19-23-20(27-24-19)14-8-18(26)25(10-14)17-9-15(21)5-6-16(17)22/h3-7,9,14H,8,10H2,1-2H3. The van der Waals surface area contributed by atoms with Crippen LogP contribution in [0, 0.1) is 19.7 Å². The van der Waals surface area contributed by atoms with Crippen molar-refractivity contribution in [3.63, 3.8) is 0 Å². The lowest BCUT2D eigenvalue weighted by molar-refractivity contribution is -0.117. The van der Waals surface area contributed by atoms with Gasteiger partial charge in [0.1, 0.15) is 5.82 Å². The average Bonchev–Trinajstić information content (AvgIpc) is 3.26. The van der Waals surface area contributed by atoms with Crippen molar-refractivity contribution in [3.8, 4) is 11.4 Å². The molecule has 0 spiro atoms. The van der Waals surface area contributed by atoms with E-state index in [1.54, 1.807) is 0 Å². The fraction of sp³-hybridized carbons (Fsp3) is 0.250. The first kappa shape index (κ1) is 17.7. The molecule has 1 aliphatic heterocycles. The molecule has 0 bridgehead atoms. The minimum Gasteiger partial charge on any atom is -0.339 e. The number of hydrogen-bond acceptors (Lipinski definition) is 4. The van der Waals surface area contributed by atoms with Crippen molar-refractivity contribution >= 4 is 23.2 Å². The molecule has 3 aromatic rings. The van der Waals surface area contributed by atoms with Crippen molar-refractivity contribution in [2.24, 2.45) is 0 Å². The van der Waals surface area contributed by atoms with Crippen LogP contribution in [0.15, 0.2) is 40.9 Å². The van der Waals surface area contributed by atoms with Crippen molar-refractivity contribution in [2.45, 2.75) is 26.2 Å². The lowest BCUT2D eigenvalue weighted by atomic mass is 10.1. The Hall–Kier alpha value is -2.73. The fourth-order valence-electron chi connectivity index (χ4n) is 3.20. The second kappa shape index (κ2) is 6.78. The van der Waals surface area contributed by atoms with Crippen LogP contribution in [0.25, 0.3) is 11.4 Å². The Balaban J connectivity index is 1.58. The maximum absolute atomic E-state index is 14.1. The Morgan fingerprint density at radius 3 is 2.78 bits per heavy atom. The maximum atomic E-state index is 14.1. The van der Waals surface area contributed by atoms with E-state index in [0.717, 1.165) is 11.1 Å². The van der Waals surface area contributed by atoms with Crippen LogP contribution in [0.4, 0.5) is 10.1 Å². The second-order valence-corrected chi connectivity index (χ2v) is 7.19. The van der Waals surface area contributed by atoms with E-state index in [1.807, 2.05) is 32.0 Å². The number of rotatable bonds is 3. The summed E-state index contributed by atoms with van der Waals surface area (Å²) in [7, 11) is 0. The topological polar surface area (TPSA) is 59.2 Å². The molecular weight excluding hydrogens is 369 g/mol. The van der Waals surface area contributed by atoms with Crippen molar-refractivity contribution in [3.05, 3.63) is 64.3 Å². The Morgan fingerprint density at radius 1 is 1.19 bits per heavy atom. The lowest BCUT2D eigenvalue weighted by Gasteiger charge is -2.17. The summed E-state index contributed by atoms with van der Waals surface area (Å²) in [6.07, 6.45) is 0.181. The molecule has 1 amide bonds.